The Labute approximate surface area is 212 Å². The molecule has 2 aromatic heterocycles. The number of phenolic OH excluding ortho intramolecular Hbond substituents is 1. The predicted molar refractivity (Wildman–Crippen MR) is 141 cm³/mol. The quantitative estimate of drug-likeness (QED) is 0.405. The molecule has 1 atom stereocenters. The van der Waals surface area contributed by atoms with Crippen molar-refractivity contribution in [3.63, 3.8) is 0 Å². The highest BCUT2D eigenvalue weighted by molar-refractivity contribution is 5.99. The van der Waals surface area contributed by atoms with E-state index in [1.165, 1.54) is 18.7 Å². The maximum absolute atomic E-state index is 13.8. The molecule has 8 nitrogen and oxygen atoms in total. The number of aryl methyl sites for hydroxylation is 2. The van der Waals surface area contributed by atoms with Crippen LogP contribution < -0.4 is 20.7 Å². The molecule has 37 heavy (non-hydrogen) atoms. The van der Waals surface area contributed by atoms with E-state index in [-0.39, 0.29) is 5.75 Å². The van der Waals surface area contributed by atoms with E-state index in [9.17, 15) is 14.7 Å². The second kappa shape index (κ2) is 8.16. The van der Waals surface area contributed by atoms with Crippen molar-refractivity contribution in [3.05, 3.63) is 104 Å². The summed E-state index contributed by atoms with van der Waals surface area (Å²) in [5, 5.41) is 11.5. The predicted octanol–water partition coefficient (Wildman–Crippen LogP) is 4.20. The van der Waals surface area contributed by atoms with Gasteiger partial charge in [-0.1, -0.05) is 48.5 Å². The van der Waals surface area contributed by atoms with Gasteiger partial charge in [-0.3, -0.25) is 13.9 Å². The Kier molecular flexibility index (Phi) is 5.01. The van der Waals surface area contributed by atoms with Gasteiger partial charge in [0.05, 0.1) is 35.1 Å². The molecule has 1 aliphatic rings. The van der Waals surface area contributed by atoms with Crippen LogP contribution in [0.5, 0.6) is 17.2 Å². The molecule has 3 aromatic carbocycles. The number of ether oxygens (including phenoxy) is 2. The van der Waals surface area contributed by atoms with Crippen LogP contribution in [0.3, 0.4) is 0 Å². The molecule has 0 saturated carbocycles. The molecule has 186 valence electrons. The number of fused-ring (bicyclic) bond motifs is 5. The molecule has 1 aliphatic heterocycles. The second-order valence-electron chi connectivity index (χ2n) is 9.18. The molecule has 0 radical (unpaired) electrons. The molecular weight excluding hydrogens is 470 g/mol. The van der Waals surface area contributed by atoms with E-state index < -0.39 is 17.4 Å². The fourth-order valence-corrected chi connectivity index (χ4v) is 5.33. The summed E-state index contributed by atoms with van der Waals surface area (Å²) in [5.41, 5.74) is 3.88. The summed E-state index contributed by atoms with van der Waals surface area (Å²) in [5.74, 6) is 0.812. The van der Waals surface area contributed by atoms with Crippen molar-refractivity contribution >= 4 is 10.9 Å². The third kappa shape index (κ3) is 3.08. The molecule has 0 unspecified atom stereocenters. The van der Waals surface area contributed by atoms with Crippen molar-refractivity contribution in [1.29, 1.82) is 0 Å². The summed E-state index contributed by atoms with van der Waals surface area (Å²) in [6.07, 6.45) is -0.831. The topological polar surface area (TPSA) is 87.6 Å². The zero-order chi connectivity index (χ0) is 26.0. The molecule has 0 amide bonds. The summed E-state index contributed by atoms with van der Waals surface area (Å²) in [6.45, 7) is 1.99. The fourth-order valence-electron chi connectivity index (χ4n) is 5.33. The largest absolute Gasteiger partial charge is 0.504 e. The molecule has 0 fully saturated rings. The summed E-state index contributed by atoms with van der Waals surface area (Å²) in [7, 11) is 4.62. The van der Waals surface area contributed by atoms with Crippen LogP contribution in [-0.2, 0) is 14.1 Å². The second-order valence-corrected chi connectivity index (χ2v) is 9.18. The third-order valence-electron chi connectivity index (χ3n) is 7.14. The van der Waals surface area contributed by atoms with Crippen LogP contribution in [-0.4, -0.2) is 25.9 Å². The first kappa shape index (κ1) is 22.7. The first-order chi connectivity index (χ1) is 17.8. The van der Waals surface area contributed by atoms with Crippen LogP contribution in [0.15, 0.2) is 76.3 Å². The van der Waals surface area contributed by atoms with E-state index in [4.69, 9.17) is 9.47 Å². The van der Waals surface area contributed by atoms with Gasteiger partial charge in [0.25, 0.3) is 5.56 Å². The highest BCUT2D eigenvalue weighted by atomic mass is 16.5. The SMILES string of the molecule is COc1cccc([C@H]2Oc3ccccc3-n3c(-c4ccccc4C)c4c(=O)n(C)c(=O)n(C)c4c32)c1O. The zero-order valence-corrected chi connectivity index (χ0v) is 20.9. The van der Waals surface area contributed by atoms with Gasteiger partial charge in [0.1, 0.15) is 5.75 Å². The van der Waals surface area contributed by atoms with Gasteiger partial charge in [-0.25, -0.2) is 4.79 Å². The van der Waals surface area contributed by atoms with Gasteiger partial charge in [0.15, 0.2) is 17.6 Å². The van der Waals surface area contributed by atoms with E-state index in [0.29, 0.717) is 39.4 Å². The van der Waals surface area contributed by atoms with E-state index >= 15 is 0 Å². The third-order valence-corrected chi connectivity index (χ3v) is 7.14. The Morgan fingerprint density at radius 1 is 0.919 bits per heavy atom. The lowest BCUT2D eigenvalue weighted by molar-refractivity contribution is 0.223. The minimum atomic E-state index is -0.831. The normalized spacial score (nSPS) is 14.2. The number of phenols is 1. The number of benzene rings is 3. The Morgan fingerprint density at radius 3 is 2.41 bits per heavy atom. The van der Waals surface area contributed by atoms with Crippen molar-refractivity contribution < 1.29 is 14.6 Å². The number of aromatic hydroxyl groups is 1. The summed E-state index contributed by atoms with van der Waals surface area (Å²) >= 11 is 0. The van der Waals surface area contributed by atoms with Gasteiger partial charge in [-0.2, -0.15) is 0 Å². The lowest BCUT2D eigenvalue weighted by Crippen LogP contribution is -2.37. The maximum Gasteiger partial charge on any atom is 0.331 e. The van der Waals surface area contributed by atoms with Crippen LogP contribution in [0, 0.1) is 6.92 Å². The van der Waals surface area contributed by atoms with Crippen molar-refractivity contribution in [3.8, 4) is 34.2 Å². The molecule has 1 N–H and O–H groups in total. The van der Waals surface area contributed by atoms with Crippen LogP contribution in [0.4, 0.5) is 0 Å². The minimum Gasteiger partial charge on any atom is -0.504 e. The summed E-state index contributed by atoms with van der Waals surface area (Å²) in [4.78, 5) is 26.9. The molecule has 6 rings (SSSR count). The van der Waals surface area contributed by atoms with Gasteiger partial charge in [0.2, 0.25) is 0 Å². The lowest BCUT2D eigenvalue weighted by atomic mass is 10.0. The molecule has 0 spiro atoms. The average Bonchev–Trinajstić information content (AvgIpc) is 3.27. The van der Waals surface area contributed by atoms with Crippen LogP contribution in [0.25, 0.3) is 27.8 Å². The molecular formula is C29H25N3O5. The van der Waals surface area contributed by atoms with Crippen LogP contribution in [0.2, 0.25) is 0 Å². The highest BCUT2D eigenvalue weighted by Gasteiger charge is 2.37. The fraction of sp³-hybridized carbons (Fsp3) is 0.172. The first-order valence-corrected chi connectivity index (χ1v) is 11.9. The van der Waals surface area contributed by atoms with Gasteiger partial charge in [-0.05, 0) is 30.7 Å². The van der Waals surface area contributed by atoms with Crippen molar-refractivity contribution in [2.45, 2.75) is 13.0 Å². The number of hydrogen-bond donors (Lipinski definition) is 1. The Bertz CT molecular complexity index is 1840. The average molecular weight is 496 g/mol. The maximum atomic E-state index is 13.8. The van der Waals surface area contributed by atoms with E-state index in [2.05, 4.69) is 0 Å². The Morgan fingerprint density at radius 2 is 1.65 bits per heavy atom. The van der Waals surface area contributed by atoms with Gasteiger partial charge in [0, 0.05) is 25.2 Å². The van der Waals surface area contributed by atoms with Gasteiger partial charge < -0.3 is 19.1 Å². The molecule has 3 heterocycles. The Hall–Kier alpha value is -4.72. The van der Waals surface area contributed by atoms with E-state index in [1.807, 2.05) is 60.0 Å². The zero-order valence-electron chi connectivity index (χ0n) is 20.9. The monoisotopic (exact) mass is 495 g/mol. The summed E-state index contributed by atoms with van der Waals surface area (Å²) in [6, 6.07) is 20.6. The Balaban J connectivity index is 1.88. The summed E-state index contributed by atoms with van der Waals surface area (Å²) < 4.78 is 16.5. The molecule has 0 bridgehead atoms. The lowest BCUT2D eigenvalue weighted by Gasteiger charge is -2.30. The van der Waals surface area contributed by atoms with Crippen LogP contribution >= 0.6 is 0 Å². The van der Waals surface area contributed by atoms with Gasteiger partial charge in [-0.15, -0.1) is 0 Å². The van der Waals surface area contributed by atoms with Gasteiger partial charge >= 0.3 is 5.69 Å². The van der Waals surface area contributed by atoms with E-state index in [0.717, 1.165) is 21.4 Å². The van der Waals surface area contributed by atoms with Crippen LogP contribution in [0.1, 0.15) is 22.9 Å². The van der Waals surface area contributed by atoms with Crippen molar-refractivity contribution in [1.82, 2.24) is 13.7 Å². The van der Waals surface area contributed by atoms with Crippen molar-refractivity contribution in [2.75, 3.05) is 7.11 Å². The molecule has 5 aromatic rings. The molecule has 0 aliphatic carbocycles. The number of hydrogen-bond acceptors (Lipinski definition) is 5. The smallest absolute Gasteiger partial charge is 0.331 e. The van der Waals surface area contributed by atoms with Crippen molar-refractivity contribution in [2.24, 2.45) is 14.1 Å². The number of aromatic nitrogens is 3. The number of para-hydroxylation sites is 3. The molecule has 0 saturated heterocycles. The number of nitrogens with zero attached hydrogens (tertiary/aromatic N) is 3. The number of methoxy groups -OCH3 is 1. The minimum absolute atomic E-state index is 0.0680. The van der Waals surface area contributed by atoms with E-state index in [1.54, 1.807) is 25.2 Å². The first-order valence-electron chi connectivity index (χ1n) is 11.9. The highest BCUT2D eigenvalue weighted by Crippen LogP contribution is 2.49. The number of rotatable bonds is 3. The molecule has 8 heteroatoms. The standard InChI is InChI=1S/C29H25N3O5/c1-16-10-5-6-11-17(16)23-22-24(30(2)29(35)31(3)28(22)34)25-27(18-12-9-15-21(36-4)26(18)33)37-20-14-8-7-13-19(20)32(23)25/h5-15,27,33H,1-4H3/t27-/m1/s1.